The van der Waals surface area contributed by atoms with Crippen molar-refractivity contribution < 1.29 is 19.1 Å². The van der Waals surface area contributed by atoms with Gasteiger partial charge in [-0.25, -0.2) is 18.2 Å². The van der Waals surface area contributed by atoms with E-state index in [0.29, 0.717) is 11.7 Å². The average Bonchev–Trinajstić information content (AvgIpc) is 2.46. The van der Waals surface area contributed by atoms with Crippen LogP contribution in [0.4, 0.5) is 9.59 Å². The Balaban J connectivity index is 2.64. The lowest BCUT2D eigenvalue weighted by molar-refractivity contribution is 0.155. The lowest BCUT2D eigenvalue weighted by atomic mass is 10.0. The van der Waals surface area contributed by atoms with Crippen LogP contribution in [-0.2, 0) is 4.74 Å². The summed E-state index contributed by atoms with van der Waals surface area (Å²) in [4.78, 5) is 23.2. The molecule has 0 radical (unpaired) electrons. The summed E-state index contributed by atoms with van der Waals surface area (Å²) in [7, 11) is 4.29. The van der Waals surface area contributed by atoms with Gasteiger partial charge in [-0.2, -0.15) is 0 Å². The maximum absolute atomic E-state index is 11.9. The molecule has 0 N–H and O–H groups in total. The minimum Gasteiger partial charge on any atom is -0.452 e. The molecule has 2 amide bonds. The van der Waals surface area contributed by atoms with Gasteiger partial charge >= 0.3 is 12.2 Å². The second kappa shape index (κ2) is 7.78. The first kappa shape index (κ1) is 17.2. The molecule has 21 heavy (non-hydrogen) atoms. The van der Waals surface area contributed by atoms with E-state index in [1.54, 1.807) is 6.07 Å². The van der Waals surface area contributed by atoms with E-state index in [9.17, 15) is 9.59 Å². The van der Waals surface area contributed by atoms with E-state index in [1.807, 2.05) is 18.2 Å². The van der Waals surface area contributed by atoms with Crippen LogP contribution in [0.3, 0.4) is 0 Å². The Morgan fingerprint density at radius 2 is 1.76 bits per heavy atom. The molecule has 0 saturated heterocycles. The number of benzene rings is 1. The van der Waals surface area contributed by atoms with Crippen LogP contribution in [-0.4, -0.2) is 42.0 Å². The monoisotopic (exact) mass is 312 g/mol. The lowest BCUT2D eigenvalue weighted by Crippen LogP contribution is -2.30. The zero-order valence-corrected chi connectivity index (χ0v) is 13.6. The number of methoxy groups -OCH3 is 1. The Kier molecular flexibility index (Phi) is 6.36. The van der Waals surface area contributed by atoms with Gasteiger partial charge in [0.15, 0.2) is 0 Å². The molecule has 0 spiro atoms. The van der Waals surface area contributed by atoms with Crippen LogP contribution in [0.15, 0.2) is 24.3 Å². The molecule has 1 aromatic carbocycles. The maximum atomic E-state index is 11.9. The zero-order chi connectivity index (χ0) is 16.0. The van der Waals surface area contributed by atoms with Crippen LogP contribution >= 0.6 is 12.1 Å². The highest BCUT2D eigenvalue weighted by Crippen LogP contribution is 2.22. The first-order valence-electron chi connectivity index (χ1n) is 6.40. The van der Waals surface area contributed by atoms with Crippen molar-refractivity contribution in [3.05, 3.63) is 29.8 Å². The van der Waals surface area contributed by atoms with Crippen LogP contribution in [0.1, 0.15) is 25.3 Å². The maximum Gasteiger partial charge on any atom is 0.426 e. The third-order valence-electron chi connectivity index (χ3n) is 2.66. The number of amides is 2. The minimum absolute atomic E-state index is 0.348. The minimum atomic E-state index is -0.573. The second-order valence-corrected chi connectivity index (χ2v) is 5.90. The topological polar surface area (TPSA) is 59.1 Å². The predicted molar refractivity (Wildman–Crippen MR) is 82.1 cm³/mol. The molecule has 0 saturated carbocycles. The molecule has 0 aromatic heterocycles. The Morgan fingerprint density at radius 3 is 2.33 bits per heavy atom. The van der Waals surface area contributed by atoms with Gasteiger partial charge in [0.05, 0.1) is 19.2 Å². The lowest BCUT2D eigenvalue weighted by Gasteiger charge is -2.20. The molecule has 0 fully saturated rings. The van der Waals surface area contributed by atoms with Crippen molar-refractivity contribution in [1.82, 2.24) is 8.61 Å². The van der Waals surface area contributed by atoms with Crippen molar-refractivity contribution in [2.24, 2.45) is 0 Å². The summed E-state index contributed by atoms with van der Waals surface area (Å²) < 4.78 is 12.2. The van der Waals surface area contributed by atoms with Crippen LogP contribution in [0.5, 0.6) is 5.75 Å². The van der Waals surface area contributed by atoms with Gasteiger partial charge in [-0.1, -0.05) is 26.0 Å². The Bertz CT molecular complexity index is 508. The third kappa shape index (κ3) is 5.18. The summed E-state index contributed by atoms with van der Waals surface area (Å²) in [6.45, 7) is 4.13. The summed E-state index contributed by atoms with van der Waals surface area (Å²) >= 11 is 0.888. The molecule has 1 aromatic rings. The zero-order valence-electron chi connectivity index (χ0n) is 12.8. The summed E-state index contributed by atoms with van der Waals surface area (Å²) in [5, 5.41) is 0. The van der Waals surface area contributed by atoms with Gasteiger partial charge in [-0.3, -0.25) is 0 Å². The van der Waals surface area contributed by atoms with Gasteiger partial charge < -0.3 is 9.47 Å². The summed E-state index contributed by atoms with van der Waals surface area (Å²) in [6.07, 6.45) is -1.13. The fraction of sp³-hybridized carbons (Fsp3) is 0.429. The van der Waals surface area contributed by atoms with Crippen LogP contribution < -0.4 is 4.74 Å². The molecule has 0 bridgehead atoms. The first-order valence-corrected chi connectivity index (χ1v) is 7.13. The van der Waals surface area contributed by atoms with Crippen molar-refractivity contribution >= 4 is 24.3 Å². The van der Waals surface area contributed by atoms with Crippen molar-refractivity contribution in [3.8, 4) is 5.75 Å². The van der Waals surface area contributed by atoms with Gasteiger partial charge in [0.2, 0.25) is 0 Å². The van der Waals surface area contributed by atoms with Crippen molar-refractivity contribution in [3.63, 3.8) is 0 Å². The van der Waals surface area contributed by atoms with Crippen molar-refractivity contribution in [2.75, 3.05) is 21.2 Å². The number of ether oxygens (including phenoxy) is 2. The number of hydrogen-bond donors (Lipinski definition) is 0. The molecule has 116 valence electrons. The van der Waals surface area contributed by atoms with Gasteiger partial charge in [-0.05, 0) is 23.6 Å². The largest absolute Gasteiger partial charge is 0.452 e. The summed E-state index contributed by atoms with van der Waals surface area (Å²) in [5.41, 5.74) is 1.09. The Morgan fingerprint density at radius 1 is 1.14 bits per heavy atom. The molecule has 6 nitrogen and oxygen atoms in total. The quantitative estimate of drug-likeness (QED) is 0.796. The molecule has 0 aliphatic rings. The SMILES string of the molecule is COC(=O)N(C)SN(C)C(=O)Oc1cccc(C(C)C)c1. The molecule has 1 rings (SSSR count). The number of carbonyl (C=O) groups excluding carboxylic acids is 2. The van der Waals surface area contributed by atoms with E-state index in [1.165, 1.54) is 29.8 Å². The van der Waals surface area contributed by atoms with E-state index >= 15 is 0 Å². The highest BCUT2D eigenvalue weighted by atomic mass is 32.2. The fourth-order valence-electron chi connectivity index (χ4n) is 1.48. The van der Waals surface area contributed by atoms with Gasteiger partial charge in [0.1, 0.15) is 5.75 Å². The van der Waals surface area contributed by atoms with Crippen LogP contribution in [0, 0.1) is 0 Å². The summed E-state index contributed by atoms with van der Waals surface area (Å²) in [5.74, 6) is 0.820. The van der Waals surface area contributed by atoms with Gasteiger partial charge in [-0.15, -0.1) is 0 Å². The predicted octanol–water partition coefficient (Wildman–Crippen LogP) is 3.50. The number of carbonyl (C=O) groups is 2. The molecular formula is C14H20N2O4S. The molecule has 0 unspecified atom stereocenters. The van der Waals surface area contributed by atoms with Crippen molar-refractivity contribution in [1.29, 1.82) is 0 Å². The number of hydrogen-bond acceptors (Lipinski definition) is 5. The molecular weight excluding hydrogens is 292 g/mol. The van der Waals surface area contributed by atoms with Gasteiger partial charge in [0.25, 0.3) is 0 Å². The first-order chi connectivity index (χ1) is 9.85. The smallest absolute Gasteiger partial charge is 0.426 e. The molecule has 0 aliphatic heterocycles. The van der Waals surface area contributed by atoms with Crippen LogP contribution in [0.25, 0.3) is 0 Å². The highest BCUT2D eigenvalue weighted by Gasteiger charge is 2.18. The van der Waals surface area contributed by atoms with E-state index in [0.717, 1.165) is 17.7 Å². The van der Waals surface area contributed by atoms with E-state index in [2.05, 4.69) is 18.6 Å². The average molecular weight is 312 g/mol. The highest BCUT2D eigenvalue weighted by molar-refractivity contribution is 7.95. The van der Waals surface area contributed by atoms with Crippen molar-refractivity contribution in [2.45, 2.75) is 19.8 Å². The molecule has 0 aliphatic carbocycles. The number of rotatable bonds is 4. The number of nitrogens with zero attached hydrogens (tertiary/aromatic N) is 2. The van der Waals surface area contributed by atoms with E-state index < -0.39 is 12.2 Å². The molecule has 7 heteroatoms. The fourth-order valence-corrected chi connectivity index (χ4v) is 2.09. The molecule has 0 heterocycles. The summed E-state index contributed by atoms with van der Waals surface area (Å²) in [6, 6.07) is 7.36. The standard InChI is InChI=1S/C14H20N2O4S/c1-10(2)11-7-6-8-12(9-11)20-14(18)16(4)21-15(3)13(17)19-5/h6-10H,1-5H3. The molecule has 0 atom stereocenters. The Hall–Kier alpha value is -1.89. The van der Waals surface area contributed by atoms with E-state index in [4.69, 9.17) is 4.74 Å². The van der Waals surface area contributed by atoms with Gasteiger partial charge in [0, 0.05) is 14.1 Å². The Labute approximate surface area is 129 Å². The normalized spacial score (nSPS) is 10.2. The van der Waals surface area contributed by atoms with Crippen LogP contribution in [0.2, 0.25) is 0 Å². The second-order valence-electron chi connectivity index (χ2n) is 4.64. The van der Waals surface area contributed by atoms with E-state index in [-0.39, 0.29) is 0 Å². The third-order valence-corrected chi connectivity index (χ3v) is 3.45.